The average Bonchev–Trinajstić information content (AvgIpc) is 2.89. The van der Waals surface area contributed by atoms with Crippen LogP contribution in [0.25, 0.3) is 0 Å². The highest BCUT2D eigenvalue weighted by atomic mass is 35.5. The number of nitrogens with zero attached hydrogens (tertiary/aromatic N) is 1. The van der Waals surface area contributed by atoms with E-state index < -0.39 is 17.8 Å². The zero-order valence-electron chi connectivity index (χ0n) is 10.7. The van der Waals surface area contributed by atoms with Gasteiger partial charge in [0.05, 0.1) is 16.3 Å². The molecule has 0 saturated carbocycles. The van der Waals surface area contributed by atoms with Crippen molar-refractivity contribution < 1.29 is 22.7 Å². The summed E-state index contributed by atoms with van der Waals surface area (Å²) in [5, 5.41) is -0.117. The summed E-state index contributed by atoms with van der Waals surface area (Å²) >= 11 is 5.85. The van der Waals surface area contributed by atoms with Crippen molar-refractivity contribution in [1.82, 2.24) is 0 Å². The number of amides is 1. The molecule has 0 radical (unpaired) electrons. The van der Waals surface area contributed by atoms with E-state index in [-0.39, 0.29) is 16.6 Å². The number of hydrogen-bond acceptors (Lipinski definition) is 2. The van der Waals surface area contributed by atoms with Gasteiger partial charge in [0.25, 0.3) is 5.91 Å². The maximum Gasteiger partial charge on any atom is 0.416 e. The van der Waals surface area contributed by atoms with Crippen LogP contribution in [-0.4, -0.2) is 25.7 Å². The van der Waals surface area contributed by atoms with Gasteiger partial charge in [-0.25, -0.2) is 0 Å². The molecule has 7 heteroatoms. The fraction of sp³-hybridized carbons (Fsp3) is 0.462. The molecule has 20 heavy (non-hydrogen) atoms. The Hall–Kier alpha value is -1.27. The van der Waals surface area contributed by atoms with Crippen molar-refractivity contribution in [2.45, 2.75) is 25.1 Å². The SMILES string of the molecule is CN(C(=O)C1CCCO1)c1ccc(C(F)(F)F)cc1Cl. The zero-order chi connectivity index (χ0) is 14.9. The number of rotatable bonds is 2. The lowest BCUT2D eigenvalue weighted by atomic mass is 10.1. The molecule has 1 aliphatic heterocycles. The molecule has 1 heterocycles. The number of alkyl halides is 3. The highest BCUT2D eigenvalue weighted by Crippen LogP contribution is 2.35. The molecule has 0 spiro atoms. The highest BCUT2D eigenvalue weighted by molar-refractivity contribution is 6.33. The van der Waals surface area contributed by atoms with Crippen LogP contribution in [0.2, 0.25) is 5.02 Å². The summed E-state index contributed by atoms with van der Waals surface area (Å²) in [5.74, 6) is -0.302. The Bertz CT molecular complexity index is 513. The summed E-state index contributed by atoms with van der Waals surface area (Å²) in [4.78, 5) is 13.3. The second-order valence-corrected chi connectivity index (χ2v) is 4.97. The first-order chi connectivity index (χ1) is 9.30. The average molecular weight is 308 g/mol. The molecule has 0 aliphatic carbocycles. The smallest absolute Gasteiger partial charge is 0.368 e. The largest absolute Gasteiger partial charge is 0.416 e. The molecule has 0 N–H and O–H groups in total. The molecule has 2 rings (SSSR count). The third-order valence-electron chi connectivity index (χ3n) is 3.17. The van der Waals surface area contributed by atoms with Crippen molar-refractivity contribution in [1.29, 1.82) is 0 Å². The minimum absolute atomic E-state index is 0.117. The molecule has 1 atom stereocenters. The maximum absolute atomic E-state index is 12.5. The van der Waals surface area contributed by atoms with E-state index >= 15 is 0 Å². The van der Waals surface area contributed by atoms with E-state index in [1.165, 1.54) is 18.0 Å². The first kappa shape index (κ1) is 15.1. The first-order valence-corrected chi connectivity index (χ1v) is 6.44. The number of likely N-dealkylation sites (N-methyl/N-ethyl adjacent to an activating group) is 1. The molecule has 0 aromatic heterocycles. The quantitative estimate of drug-likeness (QED) is 0.837. The van der Waals surface area contributed by atoms with Gasteiger partial charge in [0, 0.05) is 13.7 Å². The lowest BCUT2D eigenvalue weighted by Crippen LogP contribution is -2.36. The number of halogens is 4. The van der Waals surface area contributed by atoms with Crippen LogP contribution in [0.3, 0.4) is 0 Å². The van der Waals surface area contributed by atoms with Gasteiger partial charge in [0.1, 0.15) is 6.10 Å². The molecule has 110 valence electrons. The Morgan fingerprint density at radius 1 is 1.45 bits per heavy atom. The third-order valence-corrected chi connectivity index (χ3v) is 3.47. The maximum atomic E-state index is 12.5. The van der Waals surface area contributed by atoms with Gasteiger partial charge in [-0.3, -0.25) is 4.79 Å². The second-order valence-electron chi connectivity index (χ2n) is 4.56. The van der Waals surface area contributed by atoms with E-state index in [1.54, 1.807) is 0 Å². The van der Waals surface area contributed by atoms with Crippen LogP contribution in [0, 0.1) is 0 Å². The van der Waals surface area contributed by atoms with E-state index in [2.05, 4.69) is 0 Å². The summed E-state index contributed by atoms with van der Waals surface area (Å²) in [6, 6.07) is 2.91. The van der Waals surface area contributed by atoms with E-state index in [0.29, 0.717) is 13.0 Å². The number of ether oxygens (including phenoxy) is 1. The predicted molar refractivity (Wildman–Crippen MR) is 68.8 cm³/mol. The van der Waals surface area contributed by atoms with Crippen molar-refractivity contribution in [2.24, 2.45) is 0 Å². The molecule has 1 amide bonds. The van der Waals surface area contributed by atoms with Crippen molar-refractivity contribution in [3.8, 4) is 0 Å². The summed E-state index contributed by atoms with van der Waals surface area (Å²) in [5.41, 5.74) is -0.607. The number of anilines is 1. The molecular formula is C13H13ClF3NO2. The lowest BCUT2D eigenvalue weighted by molar-refractivity contribution is -0.137. The normalized spacial score (nSPS) is 19.1. The molecular weight excluding hydrogens is 295 g/mol. The molecule has 1 unspecified atom stereocenters. The standard InChI is InChI=1S/C13H13ClF3NO2/c1-18(12(19)11-3-2-6-20-11)10-5-4-8(7-9(10)14)13(15,16)17/h4-5,7,11H,2-3,6H2,1H3. The van der Waals surface area contributed by atoms with Gasteiger partial charge < -0.3 is 9.64 Å². The van der Waals surface area contributed by atoms with Gasteiger partial charge in [-0.1, -0.05) is 11.6 Å². The van der Waals surface area contributed by atoms with Crippen molar-refractivity contribution in [3.63, 3.8) is 0 Å². The molecule has 1 saturated heterocycles. The molecule has 1 aliphatic rings. The van der Waals surface area contributed by atoms with Gasteiger partial charge in [-0.15, -0.1) is 0 Å². The molecule has 1 aromatic rings. The van der Waals surface area contributed by atoms with Gasteiger partial charge in [0.2, 0.25) is 0 Å². The van der Waals surface area contributed by atoms with Gasteiger partial charge in [0.15, 0.2) is 0 Å². The molecule has 0 bridgehead atoms. The summed E-state index contributed by atoms with van der Waals surface area (Å²) in [6.07, 6.45) is -3.59. The topological polar surface area (TPSA) is 29.5 Å². The fourth-order valence-electron chi connectivity index (χ4n) is 2.06. The van der Waals surface area contributed by atoms with Crippen LogP contribution < -0.4 is 4.90 Å². The highest BCUT2D eigenvalue weighted by Gasteiger charge is 2.32. The van der Waals surface area contributed by atoms with Crippen molar-refractivity contribution >= 4 is 23.2 Å². The minimum atomic E-state index is -4.46. The second kappa shape index (κ2) is 5.61. The molecule has 3 nitrogen and oxygen atoms in total. The van der Waals surface area contributed by atoms with Crippen LogP contribution in [0.1, 0.15) is 18.4 Å². The Kier molecular flexibility index (Phi) is 4.25. The first-order valence-electron chi connectivity index (χ1n) is 6.06. The third kappa shape index (κ3) is 3.07. The van der Waals surface area contributed by atoms with E-state index in [4.69, 9.17) is 16.3 Å². The number of hydrogen-bond donors (Lipinski definition) is 0. The van der Waals surface area contributed by atoms with Gasteiger partial charge in [-0.05, 0) is 31.0 Å². The van der Waals surface area contributed by atoms with E-state index in [9.17, 15) is 18.0 Å². The lowest BCUT2D eigenvalue weighted by Gasteiger charge is -2.22. The Labute approximate surface area is 119 Å². The van der Waals surface area contributed by atoms with E-state index in [0.717, 1.165) is 18.6 Å². The Morgan fingerprint density at radius 3 is 2.65 bits per heavy atom. The molecule has 1 fully saturated rings. The number of carbonyl (C=O) groups excluding carboxylic acids is 1. The Morgan fingerprint density at radius 2 is 2.15 bits per heavy atom. The number of benzene rings is 1. The zero-order valence-corrected chi connectivity index (χ0v) is 11.5. The monoisotopic (exact) mass is 307 g/mol. The van der Waals surface area contributed by atoms with Crippen LogP contribution in [0.15, 0.2) is 18.2 Å². The van der Waals surface area contributed by atoms with Crippen LogP contribution >= 0.6 is 11.6 Å². The summed E-state index contributed by atoms with van der Waals surface area (Å²) < 4.78 is 42.9. The van der Waals surface area contributed by atoms with Gasteiger partial charge in [-0.2, -0.15) is 13.2 Å². The van der Waals surface area contributed by atoms with Crippen molar-refractivity contribution in [2.75, 3.05) is 18.6 Å². The predicted octanol–water partition coefficient (Wildman–Crippen LogP) is 3.50. The summed E-state index contributed by atoms with van der Waals surface area (Å²) in [7, 11) is 1.47. The molecule has 1 aromatic carbocycles. The minimum Gasteiger partial charge on any atom is -0.368 e. The van der Waals surface area contributed by atoms with Crippen LogP contribution in [0.5, 0.6) is 0 Å². The number of carbonyl (C=O) groups is 1. The van der Waals surface area contributed by atoms with Crippen LogP contribution in [-0.2, 0) is 15.7 Å². The fourth-order valence-corrected chi connectivity index (χ4v) is 2.37. The summed E-state index contributed by atoms with van der Waals surface area (Å²) in [6.45, 7) is 0.519. The van der Waals surface area contributed by atoms with Gasteiger partial charge >= 0.3 is 6.18 Å². The Balaban J connectivity index is 2.22. The van der Waals surface area contributed by atoms with E-state index in [1.807, 2.05) is 0 Å². The van der Waals surface area contributed by atoms with Crippen LogP contribution in [0.4, 0.5) is 18.9 Å². The van der Waals surface area contributed by atoms with Crippen molar-refractivity contribution in [3.05, 3.63) is 28.8 Å².